The van der Waals surface area contributed by atoms with Crippen molar-refractivity contribution in [2.75, 3.05) is 32.1 Å². The van der Waals surface area contributed by atoms with E-state index in [0.29, 0.717) is 18.8 Å². The van der Waals surface area contributed by atoms with Crippen LogP contribution < -0.4 is 5.32 Å². The van der Waals surface area contributed by atoms with Gasteiger partial charge in [-0.1, -0.05) is 48.9 Å². The minimum Gasteiger partial charge on any atom is -0.383 e. The molecule has 0 atom stereocenters. The molecule has 3 aromatic rings. The van der Waals surface area contributed by atoms with E-state index in [1.54, 1.807) is 12.0 Å². The highest BCUT2D eigenvalue weighted by Crippen LogP contribution is 2.28. The van der Waals surface area contributed by atoms with Crippen LogP contribution >= 0.6 is 0 Å². The summed E-state index contributed by atoms with van der Waals surface area (Å²) in [6.45, 7) is 5.40. The number of rotatable bonds is 8. The van der Waals surface area contributed by atoms with Crippen molar-refractivity contribution in [1.82, 2.24) is 14.5 Å². The number of amides is 2. The number of carbonyl (C=O) groups excluding carboxylic acids is 2. The number of nitrogens with zero attached hydrogens (tertiary/aromatic N) is 3. The number of imidazole rings is 1. The molecule has 0 bridgehead atoms. The van der Waals surface area contributed by atoms with Gasteiger partial charge < -0.3 is 19.5 Å². The smallest absolute Gasteiger partial charge is 0.274 e. The van der Waals surface area contributed by atoms with Crippen LogP contribution in [-0.2, 0) is 22.5 Å². The van der Waals surface area contributed by atoms with E-state index in [9.17, 15) is 9.59 Å². The van der Waals surface area contributed by atoms with E-state index >= 15 is 0 Å². The summed E-state index contributed by atoms with van der Waals surface area (Å²) in [5.41, 5.74) is 5.28. The fraction of sp³-hybridized carbons (Fsp3) is 0.393. The van der Waals surface area contributed by atoms with Crippen LogP contribution in [0, 0.1) is 13.8 Å². The summed E-state index contributed by atoms with van der Waals surface area (Å²) < 4.78 is 7.44. The average molecular weight is 475 g/mol. The van der Waals surface area contributed by atoms with Crippen LogP contribution in [0.1, 0.15) is 46.6 Å². The summed E-state index contributed by atoms with van der Waals surface area (Å²) in [4.78, 5) is 33.2. The molecule has 0 saturated carbocycles. The molecule has 7 heteroatoms. The molecular weight excluding hydrogens is 440 g/mol. The molecule has 0 saturated heterocycles. The van der Waals surface area contributed by atoms with E-state index in [1.807, 2.05) is 62.4 Å². The summed E-state index contributed by atoms with van der Waals surface area (Å²) in [5.74, 6) is 0.347. The standard InChI is InChI=1S/C28H34N4O3/c1-20-11-10-14-23(21(20)2)29-25(33)19-31(17-18-35-3)28(34)26-24-15-8-5-9-16-32(24)27(30-26)22-12-6-4-7-13-22/h4,6-7,10-14H,5,8-9,15-19H2,1-3H3,(H,29,33). The highest BCUT2D eigenvalue weighted by molar-refractivity contribution is 5.99. The van der Waals surface area contributed by atoms with Gasteiger partial charge in [-0.15, -0.1) is 0 Å². The number of hydrogen-bond acceptors (Lipinski definition) is 4. The zero-order chi connectivity index (χ0) is 24.8. The Hall–Kier alpha value is -3.45. The van der Waals surface area contributed by atoms with Crippen LogP contribution in [0.5, 0.6) is 0 Å². The van der Waals surface area contributed by atoms with Gasteiger partial charge in [-0.05, 0) is 50.3 Å². The Kier molecular flexibility index (Phi) is 7.98. The maximum absolute atomic E-state index is 13.8. The first-order valence-corrected chi connectivity index (χ1v) is 12.3. The summed E-state index contributed by atoms with van der Waals surface area (Å²) in [6, 6.07) is 15.8. The molecule has 2 heterocycles. The molecule has 2 aromatic carbocycles. The second-order valence-corrected chi connectivity index (χ2v) is 9.07. The lowest BCUT2D eigenvalue weighted by atomic mass is 10.1. The maximum atomic E-state index is 13.8. The van der Waals surface area contributed by atoms with Crippen molar-refractivity contribution in [3.8, 4) is 11.4 Å². The van der Waals surface area contributed by atoms with E-state index in [0.717, 1.165) is 66.1 Å². The van der Waals surface area contributed by atoms with Crippen molar-refractivity contribution < 1.29 is 14.3 Å². The Labute approximate surface area is 207 Å². The second kappa shape index (κ2) is 11.3. The fourth-order valence-electron chi connectivity index (χ4n) is 4.55. The van der Waals surface area contributed by atoms with Crippen molar-refractivity contribution in [1.29, 1.82) is 0 Å². The molecule has 1 aromatic heterocycles. The third-order valence-electron chi connectivity index (χ3n) is 6.67. The average Bonchev–Trinajstić information content (AvgIpc) is 3.05. The molecule has 4 rings (SSSR count). The predicted molar refractivity (Wildman–Crippen MR) is 138 cm³/mol. The molecule has 0 unspecified atom stereocenters. The monoisotopic (exact) mass is 474 g/mol. The van der Waals surface area contributed by atoms with Crippen LogP contribution in [0.2, 0.25) is 0 Å². The number of ether oxygens (including phenoxy) is 1. The predicted octanol–water partition coefficient (Wildman–Crippen LogP) is 4.62. The molecule has 0 spiro atoms. The van der Waals surface area contributed by atoms with Crippen molar-refractivity contribution in [3.05, 3.63) is 71.0 Å². The molecule has 1 aliphatic rings. The topological polar surface area (TPSA) is 76.5 Å². The van der Waals surface area contributed by atoms with Crippen molar-refractivity contribution >= 4 is 17.5 Å². The Bertz CT molecular complexity index is 1190. The normalized spacial score (nSPS) is 13.1. The number of anilines is 1. The van der Waals surface area contributed by atoms with Gasteiger partial charge in [0.1, 0.15) is 18.1 Å². The number of carbonyl (C=O) groups is 2. The number of hydrogen-bond donors (Lipinski definition) is 1. The van der Waals surface area contributed by atoms with Gasteiger partial charge in [0, 0.05) is 31.5 Å². The summed E-state index contributed by atoms with van der Waals surface area (Å²) >= 11 is 0. The Balaban J connectivity index is 1.63. The van der Waals surface area contributed by atoms with Crippen molar-refractivity contribution in [3.63, 3.8) is 0 Å². The van der Waals surface area contributed by atoms with Crippen LogP contribution in [0.4, 0.5) is 5.69 Å². The number of fused-ring (bicyclic) bond motifs is 1. The summed E-state index contributed by atoms with van der Waals surface area (Å²) in [5, 5.41) is 2.97. The zero-order valence-corrected chi connectivity index (χ0v) is 20.8. The van der Waals surface area contributed by atoms with Gasteiger partial charge in [0.15, 0.2) is 0 Å². The van der Waals surface area contributed by atoms with E-state index in [4.69, 9.17) is 9.72 Å². The van der Waals surface area contributed by atoms with Gasteiger partial charge in [-0.3, -0.25) is 9.59 Å². The van der Waals surface area contributed by atoms with Crippen LogP contribution in [0.3, 0.4) is 0 Å². The molecule has 1 N–H and O–H groups in total. The third-order valence-corrected chi connectivity index (χ3v) is 6.67. The number of aromatic nitrogens is 2. The first-order chi connectivity index (χ1) is 17.0. The lowest BCUT2D eigenvalue weighted by Gasteiger charge is -2.22. The lowest BCUT2D eigenvalue weighted by molar-refractivity contribution is -0.117. The Morgan fingerprint density at radius 2 is 1.86 bits per heavy atom. The third kappa shape index (κ3) is 5.62. The maximum Gasteiger partial charge on any atom is 0.274 e. The van der Waals surface area contributed by atoms with Crippen LogP contribution in [0.15, 0.2) is 48.5 Å². The number of methoxy groups -OCH3 is 1. The SMILES string of the molecule is COCCN(CC(=O)Nc1cccc(C)c1C)C(=O)c1nc(-c2ccccc2)n2c1CCCCC2. The number of aryl methyl sites for hydroxylation is 1. The van der Waals surface area contributed by atoms with E-state index < -0.39 is 0 Å². The first-order valence-electron chi connectivity index (χ1n) is 12.3. The molecular formula is C28H34N4O3. The highest BCUT2D eigenvalue weighted by Gasteiger charge is 2.28. The molecule has 1 aliphatic heterocycles. The van der Waals surface area contributed by atoms with Gasteiger partial charge in [0.2, 0.25) is 5.91 Å². The number of nitrogens with one attached hydrogen (secondary N) is 1. The highest BCUT2D eigenvalue weighted by atomic mass is 16.5. The van der Waals surface area contributed by atoms with Gasteiger partial charge in [-0.2, -0.15) is 0 Å². The van der Waals surface area contributed by atoms with Gasteiger partial charge in [0.05, 0.1) is 12.3 Å². The van der Waals surface area contributed by atoms with E-state index in [1.165, 1.54) is 0 Å². The summed E-state index contributed by atoms with van der Waals surface area (Å²) in [7, 11) is 1.59. The van der Waals surface area contributed by atoms with Crippen molar-refractivity contribution in [2.24, 2.45) is 0 Å². The largest absolute Gasteiger partial charge is 0.383 e. The molecule has 0 radical (unpaired) electrons. The molecule has 35 heavy (non-hydrogen) atoms. The molecule has 184 valence electrons. The number of benzene rings is 2. The second-order valence-electron chi connectivity index (χ2n) is 9.07. The molecule has 0 fully saturated rings. The summed E-state index contributed by atoms with van der Waals surface area (Å²) in [6.07, 6.45) is 4.00. The zero-order valence-electron chi connectivity index (χ0n) is 20.8. The van der Waals surface area contributed by atoms with E-state index in [-0.39, 0.29) is 18.4 Å². The molecule has 7 nitrogen and oxygen atoms in total. The Morgan fingerprint density at radius 3 is 2.63 bits per heavy atom. The molecule has 2 amide bonds. The van der Waals surface area contributed by atoms with Crippen LogP contribution in [-0.4, -0.2) is 53.1 Å². The van der Waals surface area contributed by atoms with Crippen LogP contribution in [0.25, 0.3) is 11.4 Å². The van der Waals surface area contributed by atoms with E-state index in [2.05, 4.69) is 9.88 Å². The minimum atomic E-state index is -0.239. The fourth-order valence-corrected chi connectivity index (χ4v) is 4.55. The quantitative estimate of drug-likeness (QED) is 0.517. The minimum absolute atomic E-state index is 0.0669. The molecule has 0 aliphatic carbocycles. The first kappa shape index (κ1) is 24.7. The van der Waals surface area contributed by atoms with Crippen molar-refractivity contribution in [2.45, 2.75) is 46.1 Å². The van der Waals surface area contributed by atoms with Gasteiger partial charge in [0.25, 0.3) is 5.91 Å². The lowest BCUT2D eigenvalue weighted by Crippen LogP contribution is -2.40. The van der Waals surface area contributed by atoms with Gasteiger partial charge in [-0.25, -0.2) is 4.98 Å². The Morgan fingerprint density at radius 1 is 1.06 bits per heavy atom. The van der Waals surface area contributed by atoms with Gasteiger partial charge >= 0.3 is 0 Å².